The number of halogens is 1. The first kappa shape index (κ1) is 13.9. The van der Waals surface area contributed by atoms with Crippen LogP contribution < -0.4 is 0 Å². The molecule has 98 valence electrons. The number of rotatable bonds is 4. The van der Waals surface area contributed by atoms with Crippen LogP contribution in [-0.2, 0) is 6.42 Å². The van der Waals surface area contributed by atoms with E-state index in [2.05, 4.69) is 46.9 Å². The Labute approximate surface area is 122 Å². The van der Waals surface area contributed by atoms with Crippen molar-refractivity contribution < 1.29 is 4.79 Å². The predicted molar refractivity (Wildman–Crippen MR) is 80.5 cm³/mol. The fraction of sp³-hybridized carbons (Fsp3) is 0.250. The Hall–Kier alpha value is -1.48. The molecule has 0 radical (unpaired) electrons. The topological polar surface area (TPSA) is 30.0 Å². The molecule has 0 bridgehead atoms. The number of carbonyl (C=O) groups excluding carboxylic acids is 1. The van der Waals surface area contributed by atoms with Crippen molar-refractivity contribution >= 4 is 21.7 Å². The number of hydrogen-bond acceptors (Lipinski definition) is 2. The molecule has 0 atom stereocenters. The van der Waals surface area contributed by atoms with Gasteiger partial charge >= 0.3 is 0 Å². The van der Waals surface area contributed by atoms with E-state index in [1.807, 2.05) is 12.1 Å². The van der Waals surface area contributed by atoms with Gasteiger partial charge in [-0.05, 0) is 45.1 Å². The maximum atomic E-state index is 12.1. The highest BCUT2D eigenvalue weighted by atomic mass is 79.9. The van der Waals surface area contributed by atoms with Crippen molar-refractivity contribution in [3.05, 3.63) is 63.9 Å². The van der Waals surface area contributed by atoms with Crippen molar-refractivity contribution in [1.82, 2.24) is 4.98 Å². The maximum absolute atomic E-state index is 12.1. The van der Waals surface area contributed by atoms with Gasteiger partial charge in [-0.1, -0.05) is 38.1 Å². The van der Waals surface area contributed by atoms with Gasteiger partial charge in [0.25, 0.3) is 0 Å². The molecule has 2 nitrogen and oxygen atoms in total. The number of nitrogens with zero attached hydrogens (tertiary/aromatic N) is 1. The molecule has 3 heteroatoms. The van der Waals surface area contributed by atoms with Crippen LogP contribution in [0, 0.1) is 0 Å². The third-order valence-corrected chi connectivity index (χ3v) is 3.49. The molecule has 0 aliphatic rings. The quantitative estimate of drug-likeness (QED) is 0.618. The zero-order chi connectivity index (χ0) is 13.8. The zero-order valence-corrected chi connectivity index (χ0v) is 12.6. The van der Waals surface area contributed by atoms with Crippen LogP contribution >= 0.6 is 15.9 Å². The fourth-order valence-corrected chi connectivity index (χ4v) is 2.25. The average Bonchev–Trinajstić information content (AvgIpc) is 2.39. The van der Waals surface area contributed by atoms with Crippen molar-refractivity contribution in [3.63, 3.8) is 0 Å². The minimum atomic E-state index is 0.111. The number of hydrogen-bond donors (Lipinski definition) is 0. The second-order valence-electron chi connectivity index (χ2n) is 4.86. The standard InChI is InChI=1S/C16H16BrNO/c1-11(2)13-5-3-12(4-6-13)9-15(19)14-7-8-18-16(17)10-14/h3-8,10-11H,9H2,1-2H3. The monoisotopic (exact) mass is 317 g/mol. The molecule has 1 heterocycles. The van der Waals surface area contributed by atoms with Gasteiger partial charge in [0.05, 0.1) is 0 Å². The Kier molecular flexibility index (Phi) is 4.48. The SMILES string of the molecule is CC(C)c1ccc(CC(=O)c2ccnc(Br)c2)cc1. The lowest BCUT2D eigenvalue weighted by atomic mass is 9.99. The van der Waals surface area contributed by atoms with Gasteiger partial charge in [0.15, 0.2) is 5.78 Å². The van der Waals surface area contributed by atoms with Crippen LogP contribution in [0.4, 0.5) is 0 Å². The Balaban J connectivity index is 2.10. The average molecular weight is 318 g/mol. The fourth-order valence-electron chi connectivity index (χ4n) is 1.88. The molecule has 1 aromatic heterocycles. The summed E-state index contributed by atoms with van der Waals surface area (Å²) < 4.78 is 0.688. The van der Waals surface area contributed by atoms with Gasteiger partial charge in [-0.2, -0.15) is 0 Å². The lowest BCUT2D eigenvalue weighted by Crippen LogP contribution is -2.04. The summed E-state index contributed by atoms with van der Waals surface area (Å²) in [5, 5.41) is 0. The molecule has 0 fully saturated rings. The molecule has 0 N–H and O–H groups in total. The molecule has 0 spiro atoms. The first-order chi connectivity index (χ1) is 9.06. The molecule has 0 aliphatic carbocycles. The molecular formula is C16H16BrNO. The minimum absolute atomic E-state index is 0.111. The van der Waals surface area contributed by atoms with E-state index in [9.17, 15) is 4.79 Å². The summed E-state index contributed by atoms with van der Waals surface area (Å²) in [4.78, 5) is 16.2. The smallest absolute Gasteiger partial charge is 0.167 e. The van der Waals surface area contributed by atoms with E-state index in [0.717, 1.165) is 5.56 Å². The Bertz CT molecular complexity index is 576. The summed E-state index contributed by atoms with van der Waals surface area (Å²) >= 11 is 3.28. The normalized spacial score (nSPS) is 10.7. The van der Waals surface area contributed by atoms with Gasteiger partial charge in [-0.25, -0.2) is 4.98 Å². The van der Waals surface area contributed by atoms with Gasteiger partial charge in [-0.3, -0.25) is 4.79 Å². The van der Waals surface area contributed by atoms with E-state index in [1.165, 1.54) is 5.56 Å². The highest BCUT2D eigenvalue weighted by Crippen LogP contribution is 2.16. The summed E-state index contributed by atoms with van der Waals surface area (Å²) in [5.74, 6) is 0.626. The van der Waals surface area contributed by atoms with Crippen LogP contribution in [0.2, 0.25) is 0 Å². The minimum Gasteiger partial charge on any atom is -0.294 e. The van der Waals surface area contributed by atoms with E-state index in [1.54, 1.807) is 18.3 Å². The highest BCUT2D eigenvalue weighted by molar-refractivity contribution is 9.10. The van der Waals surface area contributed by atoms with E-state index in [0.29, 0.717) is 22.5 Å². The third kappa shape index (κ3) is 3.74. The lowest BCUT2D eigenvalue weighted by molar-refractivity contribution is 0.0993. The van der Waals surface area contributed by atoms with Crippen molar-refractivity contribution in [1.29, 1.82) is 0 Å². The number of carbonyl (C=O) groups is 1. The van der Waals surface area contributed by atoms with Gasteiger partial charge in [0.2, 0.25) is 0 Å². The summed E-state index contributed by atoms with van der Waals surface area (Å²) in [7, 11) is 0. The van der Waals surface area contributed by atoms with Gasteiger partial charge < -0.3 is 0 Å². The zero-order valence-electron chi connectivity index (χ0n) is 11.1. The molecule has 0 aliphatic heterocycles. The molecule has 2 rings (SSSR count). The van der Waals surface area contributed by atoms with Crippen molar-refractivity contribution in [3.8, 4) is 0 Å². The van der Waals surface area contributed by atoms with Crippen molar-refractivity contribution in [2.45, 2.75) is 26.2 Å². The molecule has 19 heavy (non-hydrogen) atoms. The van der Waals surface area contributed by atoms with Crippen LogP contribution in [0.5, 0.6) is 0 Å². The number of aromatic nitrogens is 1. The Morgan fingerprint density at radius 1 is 1.21 bits per heavy atom. The van der Waals surface area contributed by atoms with Gasteiger partial charge in [0, 0.05) is 18.2 Å². The van der Waals surface area contributed by atoms with Crippen LogP contribution in [0.1, 0.15) is 41.3 Å². The molecule has 0 saturated heterocycles. The maximum Gasteiger partial charge on any atom is 0.167 e. The first-order valence-corrected chi connectivity index (χ1v) is 7.09. The predicted octanol–water partition coefficient (Wildman–Crippen LogP) is 4.39. The van der Waals surface area contributed by atoms with Crippen LogP contribution in [0.25, 0.3) is 0 Å². The number of Topliss-reactive ketones (excluding diaryl/α,β-unsaturated/α-hetero) is 1. The number of pyridine rings is 1. The summed E-state index contributed by atoms with van der Waals surface area (Å²) in [6.07, 6.45) is 2.06. The van der Waals surface area contributed by atoms with Crippen LogP contribution in [-0.4, -0.2) is 10.8 Å². The Morgan fingerprint density at radius 3 is 2.47 bits per heavy atom. The van der Waals surface area contributed by atoms with E-state index in [4.69, 9.17) is 0 Å². The lowest BCUT2D eigenvalue weighted by Gasteiger charge is -2.06. The third-order valence-electron chi connectivity index (χ3n) is 3.06. The molecule has 0 unspecified atom stereocenters. The van der Waals surface area contributed by atoms with E-state index >= 15 is 0 Å². The Morgan fingerprint density at radius 2 is 1.89 bits per heavy atom. The van der Waals surface area contributed by atoms with Crippen LogP contribution in [0.3, 0.4) is 0 Å². The first-order valence-electron chi connectivity index (χ1n) is 6.30. The largest absolute Gasteiger partial charge is 0.294 e. The van der Waals surface area contributed by atoms with Gasteiger partial charge in [-0.15, -0.1) is 0 Å². The number of benzene rings is 1. The molecule has 0 saturated carbocycles. The summed E-state index contributed by atoms with van der Waals surface area (Å²) in [6, 6.07) is 11.7. The summed E-state index contributed by atoms with van der Waals surface area (Å²) in [6.45, 7) is 4.32. The van der Waals surface area contributed by atoms with Gasteiger partial charge in [0.1, 0.15) is 4.60 Å². The van der Waals surface area contributed by atoms with Crippen LogP contribution in [0.15, 0.2) is 47.2 Å². The van der Waals surface area contributed by atoms with E-state index < -0.39 is 0 Å². The second kappa shape index (κ2) is 6.11. The summed E-state index contributed by atoms with van der Waals surface area (Å²) in [5.41, 5.74) is 3.03. The molecule has 1 aromatic carbocycles. The number of ketones is 1. The van der Waals surface area contributed by atoms with Crippen molar-refractivity contribution in [2.75, 3.05) is 0 Å². The molecule has 0 amide bonds. The highest BCUT2D eigenvalue weighted by Gasteiger charge is 2.08. The molecule has 2 aromatic rings. The second-order valence-corrected chi connectivity index (χ2v) is 5.68. The van der Waals surface area contributed by atoms with Crippen molar-refractivity contribution in [2.24, 2.45) is 0 Å². The van der Waals surface area contributed by atoms with E-state index in [-0.39, 0.29) is 5.78 Å². The molecular weight excluding hydrogens is 302 g/mol.